The van der Waals surface area contributed by atoms with Crippen molar-refractivity contribution in [2.75, 3.05) is 24.8 Å². The molecule has 0 bridgehead atoms. The van der Waals surface area contributed by atoms with Gasteiger partial charge in [0.15, 0.2) is 11.6 Å². The fourth-order valence-electron chi connectivity index (χ4n) is 1.73. The van der Waals surface area contributed by atoms with Gasteiger partial charge in [0.05, 0.1) is 18.5 Å². The smallest absolute Gasteiger partial charge is 0.167 e. The minimum atomic E-state index is -0.485. The molecule has 5 heteroatoms. The first kappa shape index (κ1) is 14.6. The van der Waals surface area contributed by atoms with Crippen LogP contribution >= 0.6 is 0 Å². The van der Waals surface area contributed by atoms with Crippen molar-refractivity contribution in [3.05, 3.63) is 17.9 Å². The van der Waals surface area contributed by atoms with E-state index in [9.17, 15) is 4.39 Å². The van der Waals surface area contributed by atoms with Crippen molar-refractivity contribution in [1.29, 1.82) is 0 Å². The van der Waals surface area contributed by atoms with Gasteiger partial charge in [-0.15, -0.1) is 0 Å². The van der Waals surface area contributed by atoms with Crippen LogP contribution in [0, 0.1) is 5.82 Å². The van der Waals surface area contributed by atoms with Crippen LogP contribution in [-0.2, 0) is 0 Å². The van der Waals surface area contributed by atoms with E-state index < -0.39 is 5.82 Å². The lowest BCUT2D eigenvalue weighted by Crippen LogP contribution is -2.35. The summed E-state index contributed by atoms with van der Waals surface area (Å²) >= 11 is 0. The molecule has 1 aromatic rings. The maximum absolute atomic E-state index is 13.4. The summed E-state index contributed by atoms with van der Waals surface area (Å²) in [6.45, 7) is 4.08. The minimum absolute atomic E-state index is 0.0789. The average molecular weight is 256 g/mol. The van der Waals surface area contributed by atoms with E-state index >= 15 is 0 Å². The van der Waals surface area contributed by atoms with Gasteiger partial charge in [-0.1, -0.05) is 6.92 Å². The molecular formula is C13H21FN2O2. The lowest BCUT2D eigenvalue weighted by molar-refractivity contribution is 0.252. The summed E-state index contributed by atoms with van der Waals surface area (Å²) in [6, 6.07) is 2.77. The number of hydrogen-bond donors (Lipinski definition) is 3. The van der Waals surface area contributed by atoms with Crippen LogP contribution < -0.4 is 15.8 Å². The number of ether oxygens (including phenoxy) is 1. The first-order valence-corrected chi connectivity index (χ1v) is 5.98. The van der Waals surface area contributed by atoms with Crippen molar-refractivity contribution in [2.45, 2.75) is 32.2 Å². The summed E-state index contributed by atoms with van der Waals surface area (Å²) in [5.41, 5.74) is 6.44. The topological polar surface area (TPSA) is 67.5 Å². The molecule has 0 saturated heterocycles. The van der Waals surface area contributed by atoms with E-state index in [1.165, 1.54) is 19.2 Å². The largest absolute Gasteiger partial charge is 0.494 e. The van der Waals surface area contributed by atoms with E-state index in [-0.39, 0.29) is 17.9 Å². The Morgan fingerprint density at radius 1 is 1.50 bits per heavy atom. The maximum atomic E-state index is 13.4. The van der Waals surface area contributed by atoms with Gasteiger partial charge in [-0.25, -0.2) is 4.39 Å². The summed E-state index contributed by atoms with van der Waals surface area (Å²) in [5.74, 6) is -0.338. The zero-order chi connectivity index (χ0) is 13.8. The lowest BCUT2D eigenvalue weighted by Gasteiger charge is -2.31. The van der Waals surface area contributed by atoms with Crippen LogP contribution in [0.4, 0.5) is 15.8 Å². The van der Waals surface area contributed by atoms with Crippen LogP contribution in [0.2, 0.25) is 0 Å². The van der Waals surface area contributed by atoms with Crippen molar-refractivity contribution in [1.82, 2.24) is 0 Å². The van der Waals surface area contributed by atoms with Crippen LogP contribution in [-0.4, -0.2) is 24.4 Å². The number of nitrogen functional groups attached to an aromatic ring is 1. The molecule has 18 heavy (non-hydrogen) atoms. The summed E-state index contributed by atoms with van der Waals surface area (Å²) in [7, 11) is 1.41. The van der Waals surface area contributed by atoms with Gasteiger partial charge in [0.25, 0.3) is 0 Å². The minimum Gasteiger partial charge on any atom is -0.494 e. The molecule has 0 spiro atoms. The van der Waals surface area contributed by atoms with Crippen LogP contribution in [0.3, 0.4) is 0 Å². The van der Waals surface area contributed by atoms with Crippen molar-refractivity contribution < 1.29 is 14.2 Å². The molecular weight excluding hydrogens is 235 g/mol. The molecule has 0 aliphatic carbocycles. The Balaban J connectivity index is 3.02. The van der Waals surface area contributed by atoms with Crippen LogP contribution in [0.5, 0.6) is 5.75 Å². The average Bonchev–Trinajstić information content (AvgIpc) is 2.33. The molecule has 0 saturated carbocycles. The molecule has 102 valence electrons. The third-order valence-corrected chi connectivity index (χ3v) is 3.20. The Morgan fingerprint density at radius 3 is 2.67 bits per heavy atom. The lowest BCUT2D eigenvalue weighted by atomic mass is 9.94. The van der Waals surface area contributed by atoms with Crippen LogP contribution in [0.15, 0.2) is 12.1 Å². The molecule has 0 radical (unpaired) electrons. The predicted octanol–water partition coefficient (Wildman–Crippen LogP) is 2.38. The van der Waals surface area contributed by atoms with Gasteiger partial charge in [0.2, 0.25) is 0 Å². The molecule has 0 heterocycles. The molecule has 1 atom stereocenters. The third-order valence-electron chi connectivity index (χ3n) is 3.20. The Bertz CT molecular complexity index is 412. The molecule has 0 aromatic heterocycles. The van der Waals surface area contributed by atoms with E-state index in [1.807, 2.05) is 13.8 Å². The normalized spacial score (nSPS) is 14.1. The number of methoxy groups -OCH3 is 1. The SMILES string of the molecule is CCC(C)(CCO)Nc1cc(OC)c(F)cc1N. The number of nitrogens with two attached hydrogens (primary N) is 1. The van der Waals surface area contributed by atoms with E-state index in [0.29, 0.717) is 17.8 Å². The van der Waals surface area contributed by atoms with Gasteiger partial charge < -0.3 is 20.9 Å². The highest BCUT2D eigenvalue weighted by Crippen LogP contribution is 2.31. The van der Waals surface area contributed by atoms with E-state index in [1.54, 1.807) is 0 Å². The molecule has 4 N–H and O–H groups in total. The number of anilines is 2. The number of rotatable bonds is 6. The molecule has 0 fully saturated rings. The molecule has 0 amide bonds. The quantitative estimate of drug-likeness (QED) is 0.684. The Morgan fingerprint density at radius 2 is 2.17 bits per heavy atom. The molecule has 0 aliphatic rings. The highest BCUT2D eigenvalue weighted by molar-refractivity contribution is 5.69. The number of hydrogen-bond acceptors (Lipinski definition) is 4. The monoisotopic (exact) mass is 256 g/mol. The summed E-state index contributed by atoms with van der Waals surface area (Å²) < 4.78 is 18.3. The second-order valence-electron chi connectivity index (χ2n) is 4.59. The standard InChI is InChI=1S/C13H21FN2O2/c1-4-13(2,5-6-17)16-11-8-12(18-3)9(14)7-10(11)15/h7-8,16-17H,4-6,15H2,1-3H3. The first-order chi connectivity index (χ1) is 8.45. The fourth-order valence-corrected chi connectivity index (χ4v) is 1.73. The number of aliphatic hydroxyl groups excluding tert-OH is 1. The van der Waals surface area contributed by atoms with Gasteiger partial charge in [-0.3, -0.25) is 0 Å². The molecule has 0 aliphatic heterocycles. The summed E-state index contributed by atoms with van der Waals surface area (Å²) in [6.07, 6.45) is 1.40. The number of aliphatic hydroxyl groups is 1. The van der Waals surface area contributed by atoms with E-state index in [0.717, 1.165) is 6.42 Å². The Labute approximate surface area is 107 Å². The van der Waals surface area contributed by atoms with E-state index in [4.69, 9.17) is 15.6 Å². The molecule has 1 unspecified atom stereocenters. The van der Waals surface area contributed by atoms with Crippen LogP contribution in [0.25, 0.3) is 0 Å². The van der Waals surface area contributed by atoms with Gasteiger partial charge in [-0.05, 0) is 19.8 Å². The third kappa shape index (κ3) is 3.26. The zero-order valence-corrected chi connectivity index (χ0v) is 11.1. The van der Waals surface area contributed by atoms with Gasteiger partial charge in [-0.2, -0.15) is 0 Å². The van der Waals surface area contributed by atoms with Gasteiger partial charge in [0.1, 0.15) is 0 Å². The van der Waals surface area contributed by atoms with Crippen molar-refractivity contribution in [3.63, 3.8) is 0 Å². The second-order valence-corrected chi connectivity index (χ2v) is 4.59. The number of halogens is 1. The maximum Gasteiger partial charge on any atom is 0.167 e. The van der Waals surface area contributed by atoms with Crippen molar-refractivity contribution >= 4 is 11.4 Å². The summed E-state index contributed by atoms with van der Waals surface area (Å²) in [4.78, 5) is 0. The second kappa shape index (κ2) is 5.91. The molecule has 1 aromatic carbocycles. The van der Waals surface area contributed by atoms with Crippen LogP contribution in [0.1, 0.15) is 26.7 Å². The highest BCUT2D eigenvalue weighted by atomic mass is 19.1. The Kier molecular flexibility index (Phi) is 4.78. The molecule has 4 nitrogen and oxygen atoms in total. The van der Waals surface area contributed by atoms with Gasteiger partial charge >= 0.3 is 0 Å². The highest BCUT2D eigenvalue weighted by Gasteiger charge is 2.22. The zero-order valence-electron chi connectivity index (χ0n) is 11.1. The first-order valence-electron chi connectivity index (χ1n) is 5.98. The number of benzene rings is 1. The number of nitrogens with one attached hydrogen (secondary N) is 1. The van der Waals surface area contributed by atoms with E-state index in [2.05, 4.69) is 5.32 Å². The fraction of sp³-hybridized carbons (Fsp3) is 0.538. The molecule has 1 rings (SSSR count). The predicted molar refractivity (Wildman–Crippen MR) is 71.4 cm³/mol. The van der Waals surface area contributed by atoms with Crippen molar-refractivity contribution in [3.8, 4) is 5.75 Å². The summed E-state index contributed by atoms with van der Waals surface area (Å²) in [5, 5.41) is 12.3. The van der Waals surface area contributed by atoms with Crippen molar-refractivity contribution in [2.24, 2.45) is 0 Å². The van der Waals surface area contributed by atoms with Gasteiger partial charge in [0, 0.05) is 24.3 Å². The Hall–Kier alpha value is -1.49.